The average molecular weight is 530 g/mol. The zero-order valence-electron chi connectivity index (χ0n) is 18.7. The number of aryl methyl sites for hydroxylation is 1. The molecule has 0 aromatic heterocycles. The summed E-state index contributed by atoms with van der Waals surface area (Å²) in [5.74, 6) is 0.529. The second kappa shape index (κ2) is 12.3. The van der Waals surface area contributed by atoms with Gasteiger partial charge in [0.1, 0.15) is 0 Å². The zero-order valence-corrected chi connectivity index (χ0v) is 22.7. The van der Waals surface area contributed by atoms with Crippen LogP contribution in [0.1, 0.15) is 63.5 Å². The first-order chi connectivity index (χ1) is 15.1. The van der Waals surface area contributed by atoms with Gasteiger partial charge < -0.3 is 0 Å². The summed E-state index contributed by atoms with van der Waals surface area (Å²) in [6, 6.07) is 25.2. The second-order valence-electron chi connectivity index (χ2n) is 8.50. The summed E-state index contributed by atoms with van der Waals surface area (Å²) in [4.78, 5) is 0. The third kappa shape index (κ3) is 6.28. The van der Waals surface area contributed by atoms with Crippen LogP contribution in [0.2, 0.25) is 0 Å². The predicted molar refractivity (Wildman–Crippen MR) is 136 cm³/mol. The summed E-state index contributed by atoms with van der Waals surface area (Å²) in [5, 5.41) is 5.47. The van der Waals surface area contributed by atoms with Crippen LogP contribution in [0.5, 0.6) is 0 Å². The quantitative estimate of drug-likeness (QED) is 0.165. The molecule has 0 saturated heterocycles. The number of hydrogen-bond acceptors (Lipinski definition) is 0. The molecule has 4 rings (SSSR count). The Hall–Kier alpha value is -1.01. The van der Waals surface area contributed by atoms with Gasteiger partial charge in [-0.3, -0.25) is 0 Å². The summed E-state index contributed by atoms with van der Waals surface area (Å²) in [6.45, 7) is 6.87. The molecular weight excluding hydrogens is 498 g/mol. The van der Waals surface area contributed by atoms with Crippen LogP contribution in [0.25, 0.3) is 32.7 Å². The van der Waals surface area contributed by atoms with Gasteiger partial charge in [-0.2, -0.15) is 6.07 Å². The van der Waals surface area contributed by atoms with Crippen molar-refractivity contribution in [1.82, 2.24) is 0 Å². The van der Waals surface area contributed by atoms with E-state index in [9.17, 15) is 0 Å². The Morgan fingerprint density at radius 3 is 2.32 bits per heavy atom. The third-order valence-electron chi connectivity index (χ3n) is 5.97. The van der Waals surface area contributed by atoms with Crippen LogP contribution in [0, 0.1) is 0 Å². The van der Waals surface area contributed by atoms with Gasteiger partial charge in [0.15, 0.2) is 0 Å². The molecule has 0 spiro atoms. The molecule has 0 nitrogen and oxygen atoms in total. The van der Waals surface area contributed by atoms with E-state index in [4.69, 9.17) is 17.0 Å². The maximum atomic E-state index is 4.93. The van der Waals surface area contributed by atoms with Gasteiger partial charge in [0.05, 0.1) is 0 Å². The summed E-state index contributed by atoms with van der Waals surface area (Å²) in [5.41, 5.74) is 5.67. The zero-order chi connectivity index (χ0) is 22.2. The summed E-state index contributed by atoms with van der Waals surface area (Å²) in [7, 11) is 9.87. The standard InChI is InChI=1S/C28H31.2ClH.Zr/c1-4-5-6-7-11-21-16-24-18-23(20(2)3)19-28(27(24)17-21)26-15-10-13-22-12-8-9-14-25(22)26;;;/h8-10,12-20H,4-7,11H2,1-3H3;2*1H;/q-1;;;+2/p-2. The van der Waals surface area contributed by atoms with Crippen LogP contribution < -0.4 is 0 Å². The Morgan fingerprint density at radius 2 is 1.58 bits per heavy atom. The van der Waals surface area contributed by atoms with E-state index in [0.29, 0.717) is 5.92 Å². The van der Waals surface area contributed by atoms with Gasteiger partial charge >= 0.3 is 37.9 Å². The van der Waals surface area contributed by atoms with E-state index >= 15 is 0 Å². The van der Waals surface area contributed by atoms with E-state index in [2.05, 4.69) is 87.5 Å². The Morgan fingerprint density at radius 1 is 0.839 bits per heavy atom. The van der Waals surface area contributed by atoms with E-state index in [0.717, 1.165) is 0 Å². The average Bonchev–Trinajstić information content (AvgIpc) is 3.19. The Bertz CT molecular complexity index is 1110. The molecule has 0 bridgehead atoms. The van der Waals surface area contributed by atoms with Crippen molar-refractivity contribution in [3.05, 3.63) is 77.9 Å². The van der Waals surface area contributed by atoms with Gasteiger partial charge in [0, 0.05) is 0 Å². The van der Waals surface area contributed by atoms with E-state index in [-0.39, 0.29) is 0 Å². The van der Waals surface area contributed by atoms with Crippen molar-refractivity contribution >= 4 is 38.6 Å². The second-order valence-corrected chi connectivity index (χ2v) is 12.2. The number of halogens is 2. The van der Waals surface area contributed by atoms with Gasteiger partial charge in [-0.1, -0.05) is 106 Å². The first-order valence-electron chi connectivity index (χ1n) is 11.3. The summed E-state index contributed by atoms with van der Waals surface area (Å²) < 4.78 is 0. The molecular formula is C28H31Cl2Zr-. The van der Waals surface area contributed by atoms with Crippen LogP contribution in [0.3, 0.4) is 0 Å². The minimum absolute atomic E-state index is 0.529. The predicted octanol–water partition coefficient (Wildman–Crippen LogP) is 10.0. The van der Waals surface area contributed by atoms with Crippen molar-refractivity contribution in [2.45, 2.75) is 58.8 Å². The molecule has 0 amide bonds. The number of benzene rings is 3. The molecule has 0 unspecified atom stereocenters. The normalized spacial score (nSPS) is 11.0. The maximum absolute atomic E-state index is 4.93. The van der Waals surface area contributed by atoms with Crippen molar-refractivity contribution in [3.8, 4) is 11.1 Å². The Labute approximate surface area is 206 Å². The Balaban J connectivity index is 0.000000858. The van der Waals surface area contributed by atoms with Gasteiger partial charge in [-0.05, 0) is 28.7 Å². The van der Waals surface area contributed by atoms with Gasteiger partial charge in [-0.25, -0.2) is 0 Å². The minimum atomic E-state index is -0.826. The van der Waals surface area contributed by atoms with Crippen molar-refractivity contribution in [1.29, 1.82) is 0 Å². The van der Waals surface area contributed by atoms with E-state index in [1.54, 1.807) is 0 Å². The number of hydrogen-bond donors (Lipinski definition) is 0. The van der Waals surface area contributed by atoms with Crippen LogP contribution in [-0.2, 0) is 27.3 Å². The van der Waals surface area contributed by atoms with Crippen LogP contribution >= 0.6 is 17.0 Å². The first-order valence-corrected chi connectivity index (χ1v) is 17.6. The van der Waals surface area contributed by atoms with Crippen molar-refractivity contribution in [3.63, 3.8) is 0 Å². The molecule has 0 radical (unpaired) electrons. The molecule has 0 heterocycles. The molecule has 0 aliphatic carbocycles. The molecule has 4 aromatic rings. The topological polar surface area (TPSA) is 0 Å². The molecule has 0 atom stereocenters. The third-order valence-corrected chi connectivity index (χ3v) is 5.97. The fourth-order valence-electron chi connectivity index (χ4n) is 4.32. The van der Waals surface area contributed by atoms with Gasteiger partial charge in [-0.15, -0.1) is 28.5 Å². The van der Waals surface area contributed by atoms with Crippen LogP contribution in [0.15, 0.2) is 66.7 Å². The SMILES string of the molecule is CCCCCCc1cc2c(-c3cccc4ccccc34)cc(C(C)C)cc2[cH-]1.[Cl][Zr][Cl]. The number of rotatable bonds is 7. The molecule has 4 aromatic carbocycles. The molecule has 0 aliphatic heterocycles. The number of fused-ring (bicyclic) bond motifs is 2. The molecule has 0 saturated carbocycles. The molecule has 0 aliphatic rings. The monoisotopic (exact) mass is 527 g/mol. The fraction of sp³-hybridized carbons (Fsp3) is 0.321. The van der Waals surface area contributed by atoms with Crippen molar-refractivity contribution < 1.29 is 20.8 Å². The molecule has 0 N–H and O–H groups in total. The first kappa shape index (κ1) is 24.6. The van der Waals surface area contributed by atoms with E-state index in [1.165, 1.54) is 75.9 Å². The fourth-order valence-corrected chi connectivity index (χ4v) is 4.32. The Kier molecular flexibility index (Phi) is 9.77. The molecule has 31 heavy (non-hydrogen) atoms. The molecule has 3 heteroatoms. The molecule has 0 fully saturated rings. The van der Waals surface area contributed by atoms with Crippen LogP contribution in [-0.4, -0.2) is 0 Å². The van der Waals surface area contributed by atoms with Gasteiger partial charge in [0.25, 0.3) is 0 Å². The van der Waals surface area contributed by atoms with Crippen LogP contribution in [0.4, 0.5) is 0 Å². The summed E-state index contributed by atoms with van der Waals surface area (Å²) in [6.07, 6.45) is 6.47. The molecule has 162 valence electrons. The van der Waals surface area contributed by atoms with Crippen molar-refractivity contribution in [2.24, 2.45) is 0 Å². The van der Waals surface area contributed by atoms with E-state index in [1.807, 2.05) is 0 Å². The summed E-state index contributed by atoms with van der Waals surface area (Å²) >= 11 is -0.826. The van der Waals surface area contributed by atoms with Gasteiger partial charge in [0.2, 0.25) is 0 Å². The van der Waals surface area contributed by atoms with Crippen molar-refractivity contribution in [2.75, 3.05) is 0 Å². The van der Waals surface area contributed by atoms with E-state index < -0.39 is 20.8 Å². The number of unbranched alkanes of at least 4 members (excludes halogenated alkanes) is 3.